The van der Waals surface area contributed by atoms with Crippen LogP contribution in [0.1, 0.15) is 31.2 Å². The highest BCUT2D eigenvalue weighted by atomic mass is 32.1. The number of halogens is 2. The number of anilines is 1. The summed E-state index contributed by atoms with van der Waals surface area (Å²) >= 11 is 2.85. The first kappa shape index (κ1) is 17.3. The third-order valence-electron chi connectivity index (χ3n) is 4.09. The van der Waals surface area contributed by atoms with Gasteiger partial charge in [-0.15, -0.1) is 22.7 Å². The number of thiazole rings is 1. The van der Waals surface area contributed by atoms with Crippen molar-refractivity contribution in [1.29, 1.82) is 0 Å². The van der Waals surface area contributed by atoms with Gasteiger partial charge >= 0.3 is 0 Å². The van der Waals surface area contributed by atoms with E-state index in [4.69, 9.17) is 4.74 Å². The van der Waals surface area contributed by atoms with Crippen molar-refractivity contribution in [3.05, 3.63) is 67.9 Å². The number of nitrogens with one attached hydrogen (secondary N) is 1. The molecule has 1 aromatic carbocycles. The molecule has 0 spiro atoms. The average molecular weight is 392 g/mol. The Labute approximate surface area is 156 Å². The molecular weight excluding hydrogens is 378 g/mol. The van der Waals surface area contributed by atoms with Gasteiger partial charge in [0.2, 0.25) is 0 Å². The number of thiophene rings is 1. The highest BCUT2D eigenvalue weighted by Crippen LogP contribution is 2.29. The zero-order valence-electron chi connectivity index (χ0n) is 13.6. The molecule has 3 aromatic rings. The molecule has 26 heavy (non-hydrogen) atoms. The minimum absolute atomic E-state index is 0.182. The molecular formula is C18H14F2N2O2S2. The fourth-order valence-corrected chi connectivity index (χ4v) is 4.67. The molecule has 3 heterocycles. The second-order valence-corrected chi connectivity index (χ2v) is 7.94. The van der Waals surface area contributed by atoms with Crippen LogP contribution in [-0.2, 0) is 24.2 Å². The number of aromatic nitrogens is 1. The molecule has 0 fully saturated rings. The van der Waals surface area contributed by atoms with Gasteiger partial charge < -0.3 is 4.74 Å². The topological polar surface area (TPSA) is 51.2 Å². The molecule has 4 nitrogen and oxygen atoms in total. The summed E-state index contributed by atoms with van der Waals surface area (Å²) in [5.74, 6) is -1.92. The normalized spacial score (nSPS) is 13.5. The fourth-order valence-electron chi connectivity index (χ4n) is 2.81. The lowest BCUT2D eigenvalue weighted by Gasteiger charge is -2.13. The van der Waals surface area contributed by atoms with Crippen molar-refractivity contribution in [2.45, 2.75) is 19.4 Å². The summed E-state index contributed by atoms with van der Waals surface area (Å²) in [6, 6.07) is 3.82. The van der Waals surface area contributed by atoms with Gasteiger partial charge in [0.25, 0.3) is 5.91 Å². The van der Waals surface area contributed by atoms with E-state index in [0.29, 0.717) is 35.9 Å². The summed E-state index contributed by atoms with van der Waals surface area (Å²) in [4.78, 5) is 18.7. The largest absolute Gasteiger partial charge is 0.376 e. The standard InChI is InChI=1S/C18H14F2N2O2S2/c19-14-2-1-10(6-15(14)20)5-11-7-21-18(26-11)22-17(23)13-9-25-16-8-24-4-3-12(13)16/h1-2,6-7,9H,3-5,8H2,(H,21,22,23). The second-order valence-electron chi connectivity index (χ2n) is 5.86. The van der Waals surface area contributed by atoms with E-state index >= 15 is 0 Å². The maximum Gasteiger partial charge on any atom is 0.258 e. The summed E-state index contributed by atoms with van der Waals surface area (Å²) in [6.45, 7) is 1.18. The number of hydrogen-bond acceptors (Lipinski definition) is 5. The Hall–Kier alpha value is -2.16. The van der Waals surface area contributed by atoms with E-state index in [1.807, 2.05) is 5.38 Å². The van der Waals surface area contributed by atoms with Gasteiger partial charge in [-0.2, -0.15) is 0 Å². The van der Waals surface area contributed by atoms with Crippen molar-refractivity contribution in [2.24, 2.45) is 0 Å². The lowest BCUT2D eigenvalue weighted by molar-refractivity contribution is 0.101. The van der Waals surface area contributed by atoms with Crippen molar-refractivity contribution in [3.63, 3.8) is 0 Å². The monoisotopic (exact) mass is 392 g/mol. The number of rotatable bonds is 4. The number of nitrogens with zero attached hydrogens (tertiary/aromatic N) is 1. The first-order valence-corrected chi connectivity index (χ1v) is 9.67. The van der Waals surface area contributed by atoms with Gasteiger partial charge in [0.05, 0.1) is 18.8 Å². The second kappa shape index (κ2) is 7.22. The summed E-state index contributed by atoms with van der Waals surface area (Å²) in [6.07, 6.45) is 2.80. The van der Waals surface area contributed by atoms with Gasteiger partial charge in [0.1, 0.15) is 0 Å². The number of benzene rings is 1. The van der Waals surface area contributed by atoms with Crippen LogP contribution >= 0.6 is 22.7 Å². The van der Waals surface area contributed by atoms with Crippen LogP contribution in [0.4, 0.5) is 13.9 Å². The Kier molecular flexibility index (Phi) is 4.80. The van der Waals surface area contributed by atoms with Gasteiger partial charge in [-0.3, -0.25) is 10.1 Å². The first-order chi connectivity index (χ1) is 12.6. The van der Waals surface area contributed by atoms with Crippen molar-refractivity contribution < 1.29 is 18.3 Å². The first-order valence-electron chi connectivity index (χ1n) is 7.97. The Morgan fingerprint density at radius 3 is 3.04 bits per heavy atom. The minimum atomic E-state index is -0.869. The van der Waals surface area contributed by atoms with Crippen molar-refractivity contribution in [3.8, 4) is 0 Å². The molecule has 134 valence electrons. The van der Waals surface area contributed by atoms with E-state index in [2.05, 4.69) is 10.3 Å². The van der Waals surface area contributed by atoms with Crippen LogP contribution in [0, 0.1) is 11.6 Å². The van der Waals surface area contributed by atoms with E-state index < -0.39 is 11.6 Å². The number of hydrogen-bond donors (Lipinski definition) is 1. The average Bonchev–Trinajstić information content (AvgIpc) is 3.25. The van der Waals surface area contributed by atoms with Gasteiger partial charge in [0, 0.05) is 27.8 Å². The SMILES string of the molecule is O=C(Nc1ncc(Cc2ccc(F)c(F)c2)s1)c1csc2c1CCOC2. The molecule has 8 heteroatoms. The number of amides is 1. The van der Waals surface area contributed by atoms with Crippen molar-refractivity contribution in [2.75, 3.05) is 11.9 Å². The van der Waals surface area contributed by atoms with Crippen LogP contribution in [0.3, 0.4) is 0 Å². The summed E-state index contributed by atoms with van der Waals surface area (Å²) < 4.78 is 31.7. The smallest absolute Gasteiger partial charge is 0.258 e. The quantitative estimate of drug-likeness (QED) is 0.716. The molecule has 0 saturated carbocycles. The van der Waals surface area contributed by atoms with Crippen LogP contribution in [0.2, 0.25) is 0 Å². The lowest BCUT2D eigenvalue weighted by Crippen LogP contribution is -2.16. The molecule has 1 aliphatic rings. The third-order valence-corrected chi connectivity index (χ3v) is 6.01. The Morgan fingerprint density at radius 1 is 1.31 bits per heavy atom. The molecule has 2 aromatic heterocycles. The maximum absolute atomic E-state index is 13.3. The lowest BCUT2D eigenvalue weighted by atomic mass is 10.1. The highest BCUT2D eigenvalue weighted by molar-refractivity contribution is 7.15. The van der Waals surface area contributed by atoms with E-state index in [1.54, 1.807) is 6.20 Å². The Morgan fingerprint density at radius 2 is 2.19 bits per heavy atom. The molecule has 0 atom stereocenters. The maximum atomic E-state index is 13.3. The van der Waals surface area contributed by atoms with Gasteiger partial charge in [-0.05, 0) is 29.7 Å². The third kappa shape index (κ3) is 3.53. The number of fused-ring (bicyclic) bond motifs is 1. The summed E-state index contributed by atoms with van der Waals surface area (Å²) in [5, 5.41) is 5.16. The number of carbonyl (C=O) groups is 1. The Bertz CT molecular complexity index is 968. The number of carbonyl (C=O) groups excluding carboxylic acids is 1. The molecule has 0 radical (unpaired) electrons. The molecule has 1 aliphatic heterocycles. The fraction of sp³-hybridized carbons (Fsp3) is 0.222. The molecule has 4 rings (SSSR count). The molecule has 0 aliphatic carbocycles. The minimum Gasteiger partial charge on any atom is -0.376 e. The van der Waals surface area contributed by atoms with E-state index in [1.165, 1.54) is 34.8 Å². The molecule has 1 amide bonds. The molecule has 0 unspecified atom stereocenters. The summed E-state index contributed by atoms with van der Waals surface area (Å²) in [7, 11) is 0. The molecule has 0 bridgehead atoms. The van der Waals surface area contributed by atoms with Gasteiger partial charge in [-0.1, -0.05) is 6.07 Å². The number of ether oxygens (including phenoxy) is 1. The highest BCUT2D eigenvalue weighted by Gasteiger charge is 2.21. The van der Waals surface area contributed by atoms with Crippen LogP contribution in [0.5, 0.6) is 0 Å². The van der Waals surface area contributed by atoms with Crippen LogP contribution in [0.25, 0.3) is 0 Å². The molecule has 0 saturated heterocycles. The van der Waals surface area contributed by atoms with Crippen LogP contribution < -0.4 is 5.32 Å². The van der Waals surface area contributed by atoms with Gasteiger partial charge in [-0.25, -0.2) is 13.8 Å². The molecule has 1 N–H and O–H groups in total. The van der Waals surface area contributed by atoms with E-state index in [9.17, 15) is 13.6 Å². The van der Waals surface area contributed by atoms with Crippen molar-refractivity contribution in [1.82, 2.24) is 4.98 Å². The van der Waals surface area contributed by atoms with E-state index in [-0.39, 0.29) is 5.91 Å². The van der Waals surface area contributed by atoms with Crippen LogP contribution in [0.15, 0.2) is 29.8 Å². The predicted octanol–water partition coefficient (Wildman–Crippen LogP) is 4.40. The van der Waals surface area contributed by atoms with E-state index in [0.717, 1.165) is 27.8 Å². The predicted molar refractivity (Wildman–Crippen MR) is 96.9 cm³/mol. The summed E-state index contributed by atoms with van der Waals surface area (Å²) in [5.41, 5.74) is 2.38. The van der Waals surface area contributed by atoms with Crippen LogP contribution in [-0.4, -0.2) is 17.5 Å². The zero-order valence-corrected chi connectivity index (χ0v) is 15.2. The zero-order chi connectivity index (χ0) is 18.1. The van der Waals surface area contributed by atoms with Crippen molar-refractivity contribution >= 4 is 33.7 Å². The Balaban J connectivity index is 1.45. The van der Waals surface area contributed by atoms with Gasteiger partial charge in [0.15, 0.2) is 16.8 Å².